The van der Waals surface area contributed by atoms with E-state index in [0.717, 1.165) is 12.1 Å². The molecule has 0 heterocycles. The molecular formula is C28H4F18. The minimum atomic E-state index is -6.12. The fourth-order valence-electron chi connectivity index (χ4n) is 5.01. The van der Waals surface area contributed by atoms with Gasteiger partial charge in [-0.1, -0.05) is 24.3 Å². The summed E-state index contributed by atoms with van der Waals surface area (Å²) >= 11 is 0. The van der Waals surface area contributed by atoms with Gasteiger partial charge in [-0.3, -0.25) is 0 Å². The molecule has 0 fully saturated rings. The standard InChI is InChI=1S/C28H4F18/c29-15-9-7(11-17(31)21(35)13(27(41,42)43)22(36)18(11)32)5-3-1-2-4-6(5)8(10(9)16(30)26(40)25(15)39)12-19(33)23(37)14(28(44,45)46)24(38)20(12)34/h1-4H. The summed E-state index contributed by atoms with van der Waals surface area (Å²) in [5.74, 6) is -36.1. The van der Waals surface area contributed by atoms with Crippen LogP contribution < -0.4 is 0 Å². The number of rotatable bonds is 2. The van der Waals surface area contributed by atoms with E-state index >= 15 is 26.3 Å². The molecule has 0 aromatic heterocycles. The summed E-state index contributed by atoms with van der Waals surface area (Å²) in [6.45, 7) is 0. The van der Waals surface area contributed by atoms with Crippen molar-refractivity contribution in [2.75, 3.05) is 0 Å². The average Bonchev–Trinajstić information content (AvgIpc) is 2.96. The van der Waals surface area contributed by atoms with Crippen molar-refractivity contribution in [3.63, 3.8) is 0 Å². The first kappa shape index (κ1) is 32.7. The molecule has 0 saturated carbocycles. The number of halogens is 18. The fraction of sp³-hybridized carbons (Fsp3) is 0.0714. The van der Waals surface area contributed by atoms with Gasteiger partial charge in [0, 0.05) is 21.9 Å². The van der Waals surface area contributed by atoms with Crippen molar-refractivity contribution in [3.8, 4) is 22.3 Å². The van der Waals surface area contributed by atoms with Crippen molar-refractivity contribution in [1.82, 2.24) is 0 Å². The third kappa shape index (κ3) is 4.43. The van der Waals surface area contributed by atoms with Crippen LogP contribution in [-0.4, -0.2) is 0 Å². The molecule has 0 radical (unpaired) electrons. The van der Waals surface area contributed by atoms with Crippen molar-refractivity contribution in [2.24, 2.45) is 0 Å². The number of benzene rings is 5. The first-order chi connectivity index (χ1) is 21.2. The number of fused-ring (bicyclic) bond motifs is 2. The molecule has 0 bridgehead atoms. The summed E-state index contributed by atoms with van der Waals surface area (Å²) in [6, 6.07) is 2.49. The molecule has 5 aromatic carbocycles. The predicted octanol–water partition coefficient (Wildman–Crippen LogP) is 11.0. The third-order valence-corrected chi connectivity index (χ3v) is 6.83. The van der Waals surface area contributed by atoms with Crippen LogP contribution >= 0.6 is 0 Å². The molecule has 0 N–H and O–H groups in total. The van der Waals surface area contributed by atoms with Gasteiger partial charge >= 0.3 is 12.4 Å². The molecule has 0 unspecified atom stereocenters. The van der Waals surface area contributed by atoms with Gasteiger partial charge in [0.05, 0.1) is 11.1 Å². The SMILES string of the molecule is Fc1c(F)c(C(F)(F)F)c(F)c(F)c1-c1c2ccccc2c(-c2c(F)c(F)c(C(F)(F)F)c(F)c2F)c2c(F)c(F)c(F)c(F)c12. The maximum Gasteiger partial charge on any atom is 0.422 e. The van der Waals surface area contributed by atoms with Gasteiger partial charge < -0.3 is 0 Å². The van der Waals surface area contributed by atoms with Gasteiger partial charge in [-0.2, -0.15) is 26.3 Å². The lowest BCUT2D eigenvalue weighted by Gasteiger charge is -2.22. The molecular weight excluding hydrogens is 678 g/mol. The normalized spacial score (nSPS) is 12.6. The van der Waals surface area contributed by atoms with E-state index < -0.39 is 137 Å². The maximum absolute atomic E-state index is 15.4. The third-order valence-electron chi connectivity index (χ3n) is 6.83. The van der Waals surface area contributed by atoms with Crippen molar-refractivity contribution < 1.29 is 79.0 Å². The second-order valence-electron chi connectivity index (χ2n) is 9.31. The lowest BCUT2D eigenvalue weighted by atomic mass is 9.84. The highest BCUT2D eigenvalue weighted by Gasteiger charge is 2.45. The second kappa shape index (κ2) is 10.4. The first-order valence-corrected chi connectivity index (χ1v) is 11.7. The van der Waals surface area contributed by atoms with Gasteiger partial charge in [-0.05, 0) is 10.8 Å². The molecule has 18 heteroatoms. The van der Waals surface area contributed by atoms with Crippen LogP contribution in [0.5, 0.6) is 0 Å². The molecule has 5 aromatic rings. The molecule has 0 atom stereocenters. The highest BCUT2D eigenvalue weighted by Crippen LogP contribution is 2.51. The summed E-state index contributed by atoms with van der Waals surface area (Å²) in [7, 11) is 0. The average molecular weight is 682 g/mol. The Labute approximate surface area is 241 Å². The summed E-state index contributed by atoms with van der Waals surface area (Å²) in [5.41, 5.74) is -14.7. The quantitative estimate of drug-likeness (QED) is 0.0753. The predicted molar refractivity (Wildman–Crippen MR) is 122 cm³/mol. The highest BCUT2D eigenvalue weighted by atomic mass is 19.4. The number of alkyl halides is 6. The summed E-state index contributed by atoms with van der Waals surface area (Å²) in [4.78, 5) is 0. The number of hydrogen-bond donors (Lipinski definition) is 0. The fourth-order valence-corrected chi connectivity index (χ4v) is 5.01. The topological polar surface area (TPSA) is 0 Å². The maximum atomic E-state index is 15.4. The van der Waals surface area contributed by atoms with Gasteiger partial charge in [0.25, 0.3) is 0 Å². The second-order valence-corrected chi connectivity index (χ2v) is 9.31. The van der Waals surface area contributed by atoms with Crippen LogP contribution in [0, 0.1) is 69.8 Å². The van der Waals surface area contributed by atoms with E-state index in [9.17, 15) is 52.7 Å². The molecule has 0 aliphatic heterocycles. The molecule has 46 heavy (non-hydrogen) atoms. The smallest absolute Gasteiger partial charge is 0.203 e. The Morgan fingerprint density at radius 1 is 0.304 bits per heavy atom. The summed E-state index contributed by atoms with van der Waals surface area (Å²) < 4.78 is 258. The minimum Gasteiger partial charge on any atom is -0.203 e. The zero-order valence-electron chi connectivity index (χ0n) is 21.1. The summed E-state index contributed by atoms with van der Waals surface area (Å²) in [6.07, 6.45) is -12.2. The summed E-state index contributed by atoms with van der Waals surface area (Å²) in [5, 5.41) is -6.71. The van der Waals surface area contributed by atoms with E-state index in [4.69, 9.17) is 0 Å². The lowest BCUT2D eigenvalue weighted by Crippen LogP contribution is -2.17. The zero-order valence-corrected chi connectivity index (χ0v) is 21.1. The van der Waals surface area contributed by atoms with Crippen molar-refractivity contribution in [1.29, 1.82) is 0 Å². The molecule has 0 aliphatic carbocycles. The van der Waals surface area contributed by atoms with Crippen molar-refractivity contribution in [2.45, 2.75) is 12.4 Å². The Balaban J connectivity index is 2.16. The lowest BCUT2D eigenvalue weighted by molar-refractivity contribution is -0.144. The molecule has 5 rings (SSSR count). The minimum absolute atomic E-state index is 0.477. The molecule has 242 valence electrons. The van der Waals surface area contributed by atoms with Crippen LogP contribution in [0.15, 0.2) is 24.3 Å². The van der Waals surface area contributed by atoms with Gasteiger partial charge in [0.2, 0.25) is 0 Å². The van der Waals surface area contributed by atoms with Gasteiger partial charge in [0.1, 0.15) is 11.1 Å². The van der Waals surface area contributed by atoms with Crippen molar-refractivity contribution >= 4 is 21.5 Å². The van der Waals surface area contributed by atoms with E-state index in [2.05, 4.69) is 0 Å². The van der Waals surface area contributed by atoms with E-state index in [1.165, 1.54) is 0 Å². The van der Waals surface area contributed by atoms with E-state index in [1.54, 1.807) is 0 Å². The van der Waals surface area contributed by atoms with Crippen LogP contribution in [0.25, 0.3) is 43.8 Å². The largest absolute Gasteiger partial charge is 0.422 e. The van der Waals surface area contributed by atoms with Crippen LogP contribution in [0.3, 0.4) is 0 Å². The van der Waals surface area contributed by atoms with E-state index in [0.29, 0.717) is 12.1 Å². The van der Waals surface area contributed by atoms with Crippen LogP contribution in [-0.2, 0) is 12.4 Å². The molecule has 0 aliphatic rings. The van der Waals surface area contributed by atoms with Gasteiger partial charge in [-0.15, -0.1) is 0 Å². The van der Waals surface area contributed by atoms with Gasteiger partial charge in [-0.25, -0.2) is 52.7 Å². The highest BCUT2D eigenvalue weighted by molar-refractivity contribution is 6.22. The zero-order chi connectivity index (χ0) is 34.5. The van der Waals surface area contributed by atoms with Gasteiger partial charge in [0.15, 0.2) is 69.8 Å². The van der Waals surface area contributed by atoms with Crippen LogP contribution in [0.1, 0.15) is 11.1 Å². The van der Waals surface area contributed by atoms with E-state index in [1.807, 2.05) is 0 Å². The Morgan fingerprint density at radius 2 is 0.565 bits per heavy atom. The number of hydrogen-bond acceptors (Lipinski definition) is 0. The molecule has 0 spiro atoms. The molecule has 0 nitrogen and oxygen atoms in total. The first-order valence-electron chi connectivity index (χ1n) is 11.7. The Hall–Kier alpha value is -4.64. The van der Waals surface area contributed by atoms with E-state index in [-0.39, 0.29) is 0 Å². The molecule has 0 saturated heterocycles. The molecule has 0 amide bonds. The Morgan fingerprint density at radius 3 is 0.804 bits per heavy atom. The van der Waals surface area contributed by atoms with Crippen molar-refractivity contribution in [3.05, 3.63) is 105 Å². The van der Waals surface area contributed by atoms with Crippen LogP contribution in [0.2, 0.25) is 0 Å². The Bertz CT molecular complexity index is 1930. The van der Waals surface area contributed by atoms with Crippen LogP contribution in [0.4, 0.5) is 79.0 Å². The Kier molecular flexibility index (Phi) is 7.44. The monoisotopic (exact) mass is 682 g/mol.